The third-order valence-corrected chi connectivity index (χ3v) is 2.19. The maximum Gasteiger partial charge on any atom is 0.169 e. The number of benzene rings is 2. The Bertz CT molecular complexity index is 489. The lowest BCUT2D eigenvalue weighted by atomic mass is 10.2. The van der Waals surface area contributed by atoms with Gasteiger partial charge in [0.2, 0.25) is 0 Å². The fraction of sp³-hybridized carbons (Fsp3) is 0.0769. The van der Waals surface area contributed by atoms with Gasteiger partial charge in [0.05, 0.1) is 0 Å². The van der Waals surface area contributed by atoms with Gasteiger partial charge in [-0.1, -0.05) is 17.7 Å². The molecular weight excluding hydrogens is 204 g/mol. The van der Waals surface area contributed by atoms with Gasteiger partial charge < -0.3 is 14.9 Å². The van der Waals surface area contributed by atoms with Crippen molar-refractivity contribution in [2.24, 2.45) is 0 Å². The first-order chi connectivity index (χ1) is 7.65. The summed E-state index contributed by atoms with van der Waals surface area (Å²) in [5, 5.41) is 18.6. The van der Waals surface area contributed by atoms with Crippen molar-refractivity contribution in [3.63, 3.8) is 0 Å². The Morgan fingerprint density at radius 2 is 1.62 bits per heavy atom. The molecule has 0 aliphatic heterocycles. The predicted molar refractivity (Wildman–Crippen MR) is 61.0 cm³/mol. The summed E-state index contributed by atoms with van der Waals surface area (Å²) in [7, 11) is 0. The van der Waals surface area contributed by atoms with Crippen molar-refractivity contribution in [1.29, 1.82) is 0 Å². The topological polar surface area (TPSA) is 49.7 Å². The first-order valence-electron chi connectivity index (χ1n) is 4.91. The average molecular weight is 216 g/mol. The summed E-state index contributed by atoms with van der Waals surface area (Å²) in [4.78, 5) is 0. The van der Waals surface area contributed by atoms with Crippen molar-refractivity contribution in [3.8, 4) is 23.0 Å². The predicted octanol–water partition coefficient (Wildman–Crippen LogP) is 3.20. The van der Waals surface area contributed by atoms with Gasteiger partial charge in [-0.2, -0.15) is 0 Å². The smallest absolute Gasteiger partial charge is 0.169 e. The van der Waals surface area contributed by atoms with Gasteiger partial charge in [-0.25, -0.2) is 0 Å². The molecule has 82 valence electrons. The van der Waals surface area contributed by atoms with Crippen LogP contribution in [0.3, 0.4) is 0 Å². The van der Waals surface area contributed by atoms with Crippen LogP contribution in [0.15, 0.2) is 42.5 Å². The summed E-state index contributed by atoms with van der Waals surface area (Å²) in [6.45, 7) is 1.99. The molecule has 0 saturated heterocycles. The van der Waals surface area contributed by atoms with E-state index in [-0.39, 0.29) is 11.5 Å². The second kappa shape index (κ2) is 4.14. The molecule has 0 atom stereocenters. The van der Waals surface area contributed by atoms with E-state index in [0.29, 0.717) is 11.5 Å². The highest BCUT2D eigenvalue weighted by Gasteiger charge is 2.04. The lowest BCUT2D eigenvalue weighted by molar-refractivity contribution is 0.403. The largest absolute Gasteiger partial charge is 0.508 e. The minimum atomic E-state index is -0.0828. The van der Waals surface area contributed by atoms with E-state index in [1.807, 2.05) is 31.2 Å². The maximum atomic E-state index is 9.52. The van der Waals surface area contributed by atoms with Gasteiger partial charge in [-0.05, 0) is 31.2 Å². The molecule has 2 rings (SSSR count). The van der Waals surface area contributed by atoms with E-state index in [1.54, 1.807) is 0 Å². The molecule has 0 spiro atoms. The second-order valence-electron chi connectivity index (χ2n) is 3.57. The van der Waals surface area contributed by atoms with Gasteiger partial charge in [0.15, 0.2) is 11.5 Å². The zero-order valence-corrected chi connectivity index (χ0v) is 8.84. The summed E-state index contributed by atoms with van der Waals surface area (Å²) in [6.07, 6.45) is 0. The molecule has 0 aliphatic carbocycles. The Labute approximate surface area is 93.6 Å². The molecule has 3 heteroatoms. The summed E-state index contributed by atoms with van der Waals surface area (Å²) < 4.78 is 5.46. The lowest BCUT2D eigenvalue weighted by Crippen LogP contribution is -1.84. The summed E-state index contributed by atoms with van der Waals surface area (Å²) >= 11 is 0. The Hall–Kier alpha value is -2.16. The molecule has 0 radical (unpaired) electrons. The highest BCUT2D eigenvalue weighted by Crippen LogP contribution is 2.33. The Morgan fingerprint density at radius 1 is 0.938 bits per heavy atom. The number of hydrogen-bond donors (Lipinski definition) is 2. The van der Waals surface area contributed by atoms with E-state index in [2.05, 4.69) is 0 Å². The maximum absolute atomic E-state index is 9.52. The Balaban J connectivity index is 2.23. The third kappa shape index (κ3) is 2.25. The minimum Gasteiger partial charge on any atom is -0.508 e. The molecule has 3 nitrogen and oxygen atoms in total. The van der Waals surface area contributed by atoms with Crippen molar-refractivity contribution in [2.75, 3.05) is 0 Å². The average Bonchev–Trinajstić information content (AvgIpc) is 2.25. The molecule has 0 saturated carbocycles. The Morgan fingerprint density at radius 3 is 2.25 bits per heavy atom. The quantitative estimate of drug-likeness (QED) is 0.810. The number of rotatable bonds is 2. The molecule has 16 heavy (non-hydrogen) atoms. The first-order valence-corrected chi connectivity index (χ1v) is 4.91. The third-order valence-electron chi connectivity index (χ3n) is 2.19. The van der Waals surface area contributed by atoms with Gasteiger partial charge in [0, 0.05) is 6.07 Å². The molecule has 0 aromatic heterocycles. The van der Waals surface area contributed by atoms with Crippen LogP contribution >= 0.6 is 0 Å². The van der Waals surface area contributed by atoms with Crippen LogP contribution in [0.5, 0.6) is 23.0 Å². The zero-order chi connectivity index (χ0) is 11.5. The van der Waals surface area contributed by atoms with Crippen molar-refractivity contribution in [2.45, 2.75) is 6.92 Å². The fourth-order valence-electron chi connectivity index (χ4n) is 1.33. The normalized spacial score (nSPS) is 10.1. The number of hydrogen-bond acceptors (Lipinski definition) is 3. The van der Waals surface area contributed by atoms with E-state index in [1.165, 1.54) is 18.2 Å². The van der Waals surface area contributed by atoms with E-state index in [0.717, 1.165) is 5.56 Å². The standard InChI is InChI=1S/C13H12O3/c1-9-2-5-11(6-3-9)16-13-7-4-10(14)8-12(13)15/h2-8,14-15H,1H3. The van der Waals surface area contributed by atoms with Gasteiger partial charge in [0.1, 0.15) is 11.5 Å². The van der Waals surface area contributed by atoms with E-state index >= 15 is 0 Å². The summed E-state index contributed by atoms with van der Waals surface area (Å²) in [5.41, 5.74) is 1.14. The van der Waals surface area contributed by atoms with E-state index < -0.39 is 0 Å². The molecule has 0 fully saturated rings. The van der Waals surface area contributed by atoms with Crippen LogP contribution in [0.25, 0.3) is 0 Å². The van der Waals surface area contributed by atoms with Crippen LogP contribution in [0.2, 0.25) is 0 Å². The SMILES string of the molecule is Cc1ccc(Oc2ccc(O)cc2O)cc1. The van der Waals surface area contributed by atoms with Crippen LogP contribution in [-0.2, 0) is 0 Å². The van der Waals surface area contributed by atoms with E-state index in [4.69, 9.17) is 9.84 Å². The molecule has 2 aromatic carbocycles. The first kappa shape index (κ1) is 10.4. The van der Waals surface area contributed by atoms with Gasteiger partial charge in [-0.3, -0.25) is 0 Å². The number of aromatic hydroxyl groups is 2. The highest BCUT2D eigenvalue weighted by atomic mass is 16.5. The fourth-order valence-corrected chi connectivity index (χ4v) is 1.33. The minimum absolute atomic E-state index is 0.00811. The second-order valence-corrected chi connectivity index (χ2v) is 3.57. The van der Waals surface area contributed by atoms with Crippen molar-refractivity contribution in [1.82, 2.24) is 0 Å². The lowest BCUT2D eigenvalue weighted by Gasteiger charge is -2.07. The molecular formula is C13H12O3. The van der Waals surface area contributed by atoms with Gasteiger partial charge in [-0.15, -0.1) is 0 Å². The monoisotopic (exact) mass is 216 g/mol. The van der Waals surface area contributed by atoms with Crippen LogP contribution in [-0.4, -0.2) is 10.2 Å². The number of phenols is 2. The van der Waals surface area contributed by atoms with Crippen LogP contribution in [0, 0.1) is 6.92 Å². The van der Waals surface area contributed by atoms with Crippen LogP contribution in [0.4, 0.5) is 0 Å². The van der Waals surface area contributed by atoms with Crippen molar-refractivity contribution < 1.29 is 14.9 Å². The van der Waals surface area contributed by atoms with Gasteiger partial charge in [0.25, 0.3) is 0 Å². The van der Waals surface area contributed by atoms with Crippen LogP contribution in [0.1, 0.15) is 5.56 Å². The van der Waals surface area contributed by atoms with Crippen molar-refractivity contribution in [3.05, 3.63) is 48.0 Å². The molecule has 0 heterocycles. The number of ether oxygens (including phenoxy) is 1. The molecule has 0 unspecified atom stereocenters. The number of aryl methyl sites for hydroxylation is 1. The highest BCUT2D eigenvalue weighted by molar-refractivity contribution is 5.46. The number of phenolic OH excluding ortho intramolecular Hbond substituents is 2. The molecule has 0 bridgehead atoms. The van der Waals surface area contributed by atoms with E-state index in [9.17, 15) is 5.11 Å². The summed E-state index contributed by atoms with van der Waals surface area (Å²) in [5.74, 6) is 0.891. The van der Waals surface area contributed by atoms with Crippen LogP contribution < -0.4 is 4.74 Å². The van der Waals surface area contributed by atoms with Gasteiger partial charge >= 0.3 is 0 Å². The van der Waals surface area contributed by atoms with Crippen molar-refractivity contribution >= 4 is 0 Å². The summed E-state index contributed by atoms with van der Waals surface area (Å²) in [6, 6.07) is 11.7. The zero-order valence-electron chi connectivity index (χ0n) is 8.84. The Kier molecular flexibility index (Phi) is 2.68. The molecule has 2 N–H and O–H groups in total. The molecule has 2 aromatic rings. The molecule has 0 amide bonds. The molecule has 0 aliphatic rings.